The predicted octanol–water partition coefficient (Wildman–Crippen LogP) is 2.64. The first-order valence-corrected chi connectivity index (χ1v) is 6.62. The normalized spacial score (nSPS) is 19.8. The summed E-state index contributed by atoms with van der Waals surface area (Å²) in [6, 6.07) is 5.39. The van der Waals surface area contributed by atoms with Gasteiger partial charge in [0.1, 0.15) is 0 Å². The van der Waals surface area contributed by atoms with E-state index in [1.54, 1.807) is 6.07 Å². The quantitative estimate of drug-likeness (QED) is 0.805. The van der Waals surface area contributed by atoms with Crippen molar-refractivity contribution in [3.05, 3.63) is 26.8 Å². The molecule has 1 amide bonds. The van der Waals surface area contributed by atoms with Crippen LogP contribution in [-0.4, -0.2) is 18.5 Å². The Labute approximate surface area is 113 Å². The van der Waals surface area contributed by atoms with E-state index >= 15 is 0 Å². The molecule has 0 aromatic heterocycles. The zero-order chi connectivity index (χ0) is 11.5. The Hall–Kier alpha value is -0.330. The van der Waals surface area contributed by atoms with Gasteiger partial charge in [-0.2, -0.15) is 0 Å². The third kappa shape index (κ3) is 2.87. The summed E-state index contributed by atoms with van der Waals surface area (Å²) in [7, 11) is 0. The molecule has 0 bridgehead atoms. The van der Waals surface area contributed by atoms with Crippen LogP contribution >= 0.6 is 34.2 Å². The number of rotatable bonds is 2. The first-order valence-electron chi connectivity index (χ1n) is 5.16. The maximum absolute atomic E-state index is 11.8. The summed E-state index contributed by atoms with van der Waals surface area (Å²) in [6.45, 7) is 0.926. The van der Waals surface area contributed by atoms with Crippen LogP contribution in [-0.2, 0) is 4.79 Å². The molecule has 0 unspecified atom stereocenters. The van der Waals surface area contributed by atoms with E-state index in [2.05, 4.69) is 33.2 Å². The Morgan fingerprint density at radius 1 is 1.56 bits per heavy atom. The van der Waals surface area contributed by atoms with Gasteiger partial charge >= 0.3 is 0 Å². The minimum atomic E-state index is -0.0496. The Morgan fingerprint density at radius 2 is 2.38 bits per heavy atom. The van der Waals surface area contributed by atoms with E-state index in [-0.39, 0.29) is 11.9 Å². The lowest BCUT2D eigenvalue weighted by Gasteiger charge is -2.12. The van der Waals surface area contributed by atoms with Gasteiger partial charge in [-0.05, 0) is 60.2 Å². The molecule has 2 N–H and O–H groups in total. The van der Waals surface area contributed by atoms with Crippen LogP contribution in [0.4, 0.5) is 5.69 Å². The highest BCUT2D eigenvalue weighted by Gasteiger charge is 2.22. The molecule has 16 heavy (non-hydrogen) atoms. The fourth-order valence-corrected chi connectivity index (χ4v) is 2.73. The average molecular weight is 351 g/mol. The molecular weight excluding hydrogens is 338 g/mol. The van der Waals surface area contributed by atoms with E-state index in [0.717, 1.165) is 28.6 Å². The van der Waals surface area contributed by atoms with Crippen LogP contribution in [0.1, 0.15) is 12.8 Å². The fraction of sp³-hybridized carbons (Fsp3) is 0.364. The maximum atomic E-state index is 11.8. The van der Waals surface area contributed by atoms with Gasteiger partial charge in [0, 0.05) is 8.59 Å². The summed E-state index contributed by atoms with van der Waals surface area (Å²) in [5, 5.41) is 6.76. The third-order valence-corrected chi connectivity index (χ3v) is 3.69. The molecule has 1 heterocycles. The summed E-state index contributed by atoms with van der Waals surface area (Å²) in [5.41, 5.74) is 0.823. The van der Waals surface area contributed by atoms with Crippen LogP contribution in [0.15, 0.2) is 18.2 Å². The molecule has 2 rings (SSSR count). The number of benzene rings is 1. The van der Waals surface area contributed by atoms with E-state index in [0.29, 0.717) is 5.02 Å². The molecule has 0 saturated carbocycles. The lowest BCUT2D eigenvalue weighted by Crippen LogP contribution is -2.35. The molecule has 5 heteroatoms. The van der Waals surface area contributed by atoms with E-state index in [1.165, 1.54) is 0 Å². The molecular formula is C11H12ClIN2O. The van der Waals surface area contributed by atoms with E-state index in [9.17, 15) is 4.79 Å². The highest BCUT2D eigenvalue weighted by Crippen LogP contribution is 2.22. The van der Waals surface area contributed by atoms with Gasteiger partial charge in [-0.1, -0.05) is 11.6 Å². The molecule has 0 aliphatic carbocycles. The van der Waals surface area contributed by atoms with Gasteiger partial charge in [0.25, 0.3) is 0 Å². The number of nitrogens with one attached hydrogen (secondary N) is 2. The molecule has 1 atom stereocenters. The molecule has 0 spiro atoms. The number of amides is 1. The topological polar surface area (TPSA) is 41.1 Å². The summed E-state index contributed by atoms with van der Waals surface area (Å²) < 4.78 is 0.955. The predicted molar refractivity (Wildman–Crippen MR) is 73.8 cm³/mol. The molecule has 1 aliphatic rings. The summed E-state index contributed by atoms with van der Waals surface area (Å²) >= 11 is 8.01. The zero-order valence-electron chi connectivity index (χ0n) is 8.59. The van der Waals surface area contributed by atoms with Crippen molar-refractivity contribution in [2.75, 3.05) is 11.9 Å². The Morgan fingerprint density at radius 3 is 3.00 bits per heavy atom. The van der Waals surface area contributed by atoms with Crippen molar-refractivity contribution in [2.24, 2.45) is 0 Å². The van der Waals surface area contributed by atoms with Crippen LogP contribution in [0, 0.1) is 3.57 Å². The summed E-state index contributed by atoms with van der Waals surface area (Å²) in [6.07, 6.45) is 1.98. The maximum Gasteiger partial charge on any atom is 0.241 e. The van der Waals surface area contributed by atoms with Gasteiger partial charge in [0.05, 0.1) is 11.7 Å². The van der Waals surface area contributed by atoms with Crippen molar-refractivity contribution in [3.63, 3.8) is 0 Å². The number of halogens is 2. The number of anilines is 1. The van der Waals surface area contributed by atoms with Gasteiger partial charge in [-0.25, -0.2) is 0 Å². The summed E-state index contributed by atoms with van der Waals surface area (Å²) in [5.74, 6) is 0.0396. The highest BCUT2D eigenvalue weighted by atomic mass is 127. The first-order chi connectivity index (χ1) is 7.66. The van der Waals surface area contributed by atoms with Crippen molar-refractivity contribution >= 4 is 45.8 Å². The molecule has 86 valence electrons. The lowest BCUT2D eigenvalue weighted by atomic mass is 10.2. The molecule has 0 radical (unpaired) electrons. The first kappa shape index (κ1) is 12.1. The van der Waals surface area contributed by atoms with Crippen molar-refractivity contribution in [1.29, 1.82) is 0 Å². The fourth-order valence-electron chi connectivity index (χ4n) is 1.72. The van der Waals surface area contributed by atoms with Crippen molar-refractivity contribution in [3.8, 4) is 0 Å². The Kier molecular flexibility index (Phi) is 4.05. The van der Waals surface area contributed by atoms with Crippen LogP contribution in [0.3, 0.4) is 0 Å². The van der Waals surface area contributed by atoms with Gasteiger partial charge < -0.3 is 10.6 Å². The summed E-state index contributed by atoms with van der Waals surface area (Å²) in [4.78, 5) is 11.8. The highest BCUT2D eigenvalue weighted by molar-refractivity contribution is 14.1. The van der Waals surface area contributed by atoms with Gasteiger partial charge in [-0.15, -0.1) is 0 Å². The van der Waals surface area contributed by atoms with Crippen molar-refractivity contribution in [2.45, 2.75) is 18.9 Å². The molecule has 1 aromatic carbocycles. The van der Waals surface area contributed by atoms with Crippen molar-refractivity contribution < 1.29 is 4.79 Å². The standard InChI is InChI=1S/C11H12ClIN2O/c12-7-3-4-9(8(13)6-7)15-11(16)10-2-1-5-14-10/h3-4,6,10,14H,1-2,5H2,(H,15,16)/t10-/m1/s1. The van der Waals surface area contributed by atoms with E-state index in [1.807, 2.05) is 12.1 Å². The Balaban J connectivity index is 2.05. The third-order valence-electron chi connectivity index (χ3n) is 2.57. The van der Waals surface area contributed by atoms with Crippen LogP contribution in [0.2, 0.25) is 5.02 Å². The average Bonchev–Trinajstić information content (AvgIpc) is 2.75. The monoisotopic (exact) mass is 350 g/mol. The molecule has 1 fully saturated rings. The minimum absolute atomic E-state index is 0.0396. The number of hydrogen-bond donors (Lipinski definition) is 2. The van der Waals surface area contributed by atoms with Crippen LogP contribution < -0.4 is 10.6 Å². The smallest absolute Gasteiger partial charge is 0.241 e. The molecule has 1 aromatic rings. The van der Waals surface area contributed by atoms with E-state index < -0.39 is 0 Å². The second-order valence-electron chi connectivity index (χ2n) is 3.76. The van der Waals surface area contributed by atoms with Crippen LogP contribution in [0.5, 0.6) is 0 Å². The van der Waals surface area contributed by atoms with Gasteiger partial charge in [0.15, 0.2) is 0 Å². The minimum Gasteiger partial charge on any atom is -0.324 e. The lowest BCUT2D eigenvalue weighted by molar-refractivity contribution is -0.117. The van der Waals surface area contributed by atoms with Crippen LogP contribution in [0.25, 0.3) is 0 Å². The van der Waals surface area contributed by atoms with Gasteiger partial charge in [0.2, 0.25) is 5.91 Å². The number of carbonyl (C=O) groups is 1. The molecule has 3 nitrogen and oxygen atoms in total. The second kappa shape index (κ2) is 5.33. The van der Waals surface area contributed by atoms with E-state index in [4.69, 9.17) is 11.6 Å². The number of carbonyl (C=O) groups excluding carboxylic acids is 1. The van der Waals surface area contributed by atoms with Gasteiger partial charge in [-0.3, -0.25) is 4.79 Å². The van der Waals surface area contributed by atoms with Crippen molar-refractivity contribution in [1.82, 2.24) is 5.32 Å². The largest absolute Gasteiger partial charge is 0.324 e. The molecule has 1 saturated heterocycles. The SMILES string of the molecule is O=C(Nc1ccc(Cl)cc1I)[C@H]1CCCN1. The molecule has 1 aliphatic heterocycles. The number of hydrogen-bond acceptors (Lipinski definition) is 2. The zero-order valence-corrected chi connectivity index (χ0v) is 11.5. The Bertz CT molecular complexity index is 405. The second-order valence-corrected chi connectivity index (χ2v) is 5.36.